The molecule has 0 fully saturated rings. The van der Waals surface area contributed by atoms with Crippen LogP contribution in [0.5, 0.6) is 5.75 Å². The molecule has 0 bridgehead atoms. The number of aryl methyl sites for hydroxylation is 1. The van der Waals surface area contributed by atoms with Gasteiger partial charge in [0.25, 0.3) is 5.56 Å². The number of furan rings is 1. The van der Waals surface area contributed by atoms with Gasteiger partial charge in [0.15, 0.2) is 4.80 Å². The van der Waals surface area contributed by atoms with Crippen LogP contribution >= 0.6 is 11.3 Å². The minimum absolute atomic E-state index is 0.0539. The zero-order chi connectivity index (χ0) is 28.2. The Hall–Kier alpha value is -4.54. The standard InChI is InChI=1S/C30H26N2O7S/c1-18-6-8-20(9-7-18)17-24-27(33)32-26(25(19(2)31-30(32)40-24)29(35)38-16-15-36-3)21-10-12-22(13-11-21)39-28(34)23-5-4-14-37-23/h4-14,17,26H,15-16H2,1-3H3/b24-17+/t26-/m1/s1. The van der Waals surface area contributed by atoms with Gasteiger partial charge in [-0.3, -0.25) is 9.36 Å². The van der Waals surface area contributed by atoms with Gasteiger partial charge in [-0.05, 0) is 55.3 Å². The van der Waals surface area contributed by atoms with E-state index < -0.39 is 18.0 Å². The summed E-state index contributed by atoms with van der Waals surface area (Å²) in [5.74, 6) is -0.879. The van der Waals surface area contributed by atoms with Crippen molar-refractivity contribution in [1.82, 2.24) is 4.57 Å². The van der Waals surface area contributed by atoms with Crippen LogP contribution in [-0.4, -0.2) is 36.8 Å². The van der Waals surface area contributed by atoms with E-state index in [1.165, 1.54) is 35.3 Å². The molecule has 1 aliphatic heterocycles. The predicted molar refractivity (Wildman–Crippen MR) is 148 cm³/mol. The van der Waals surface area contributed by atoms with E-state index in [2.05, 4.69) is 4.99 Å². The highest BCUT2D eigenvalue weighted by Gasteiger charge is 2.33. The van der Waals surface area contributed by atoms with Crippen LogP contribution < -0.4 is 19.6 Å². The molecule has 5 rings (SSSR count). The first-order valence-corrected chi connectivity index (χ1v) is 13.3. The van der Waals surface area contributed by atoms with Crippen molar-refractivity contribution in [3.05, 3.63) is 120 Å². The van der Waals surface area contributed by atoms with Crippen molar-refractivity contribution >= 4 is 29.4 Å². The summed E-state index contributed by atoms with van der Waals surface area (Å²) in [4.78, 5) is 44.4. The highest BCUT2D eigenvalue weighted by molar-refractivity contribution is 7.07. The van der Waals surface area contributed by atoms with Crippen LogP contribution in [0.3, 0.4) is 0 Å². The zero-order valence-electron chi connectivity index (χ0n) is 22.1. The lowest BCUT2D eigenvalue weighted by atomic mass is 9.96. The largest absolute Gasteiger partial charge is 0.460 e. The van der Waals surface area contributed by atoms with E-state index in [1.54, 1.807) is 37.3 Å². The molecule has 0 unspecified atom stereocenters. The number of aromatic nitrogens is 1. The highest BCUT2D eigenvalue weighted by Crippen LogP contribution is 2.31. The number of methoxy groups -OCH3 is 1. The third-order valence-corrected chi connectivity index (χ3v) is 7.25. The number of fused-ring (bicyclic) bond motifs is 1. The maximum absolute atomic E-state index is 13.8. The van der Waals surface area contributed by atoms with Crippen LogP contribution in [0, 0.1) is 6.92 Å². The molecular weight excluding hydrogens is 532 g/mol. The molecule has 1 atom stereocenters. The molecule has 1 aliphatic rings. The Morgan fingerprint density at radius 2 is 1.77 bits per heavy atom. The molecule has 2 aromatic carbocycles. The molecule has 0 saturated heterocycles. The summed E-state index contributed by atoms with van der Waals surface area (Å²) in [6.07, 6.45) is 3.20. The first-order chi connectivity index (χ1) is 19.4. The Kier molecular flexibility index (Phi) is 7.90. The maximum Gasteiger partial charge on any atom is 0.379 e. The van der Waals surface area contributed by atoms with Gasteiger partial charge in [0.05, 0.1) is 34.7 Å². The Morgan fingerprint density at radius 1 is 1.02 bits per heavy atom. The number of thiazole rings is 1. The number of carbonyl (C=O) groups is 2. The molecule has 0 spiro atoms. The summed E-state index contributed by atoms with van der Waals surface area (Å²) in [5.41, 5.74) is 3.02. The number of carbonyl (C=O) groups excluding carboxylic acids is 2. The number of rotatable bonds is 8. The Morgan fingerprint density at radius 3 is 2.45 bits per heavy atom. The van der Waals surface area contributed by atoms with Crippen LogP contribution in [0.2, 0.25) is 0 Å². The van der Waals surface area contributed by atoms with Gasteiger partial charge < -0.3 is 18.6 Å². The van der Waals surface area contributed by atoms with Gasteiger partial charge in [-0.25, -0.2) is 14.6 Å². The summed E-state index contributed by atoms with van der Waals surface area (Å²) in [6.45, 7) is 4.00. The van der Waals surface area contributed by atoms with E-state index in [0.29, 0.717) is 20.6 Å². The molecule has 4 aromatic rings. The second-order valence-corrected chi connectivity index (χ2v) is 10.1. The van der Waals surface area contributed by atoms with Gasteiger partial charge in [-0.2, -0.15) is 0 Å². The predicted octanol–water partition coefficient (Wildman–Crippen LogP) is 3.55. The number of nitrogens with zero attached hydrogens (tertiary/aromatic N) is 2. The molecule has 0 N–H and O–H groups in total. The number of ether oxygens (including phenoxy) is 3. The number of allylic oxidation sites excluding steroid dienone is 1. The van der Waals surface area contributed by atoms with Crippen LogP contribution in [-0.2, 0) is 14.3 Å². The van der Waals surface area contributed by atoms with Crippen molar-refractivity contribution in [2.45, 2.75) is 19.9 Å². The molecule has 0 amide bonds. The van der Waals surface area contributed by atoms with Gasteiger partial charge in [0.2, 0.25) is 5.76 Å². The first kappa shape index (κ1) is 27.0. The summed E-state index contributed by atoms with van der Waals surface area (Å²) >= 11 is 1.25. The van der Waals surface area contributed by atoms with E-state index in [1.807, 2.05) is 37.3 Å². The van der Waals surface area contributed by atoms with Crippen molar-refractivity contribution in [3.63, 3.8) is 0 Å². The number of hydrogen-bond donors (Lipinski definition) is 0. The Balaban J connectivity index is 1.56. The minimum atomic E-state index is -0.804. The molecule has 40 heavy (non-hydrogen) atoms. The highest BCUT2D eigenvalue weighted by atomic mass is 32.1. The minimum Gasteiger partial charge on any atom is -0.460 e. The van der Waals surface area contributed by atoms with E-state index in [-0.39, 0.29) is 35.9 Å². The van der Waals surface area contributed by atoms with Gasteiger partial charge in [0.1, 0.15) is 12.4 Å². The molecule has 3 heterocycles. The van der Waals surface area contributed by atoms with E-state index >= 15 is 0 Å². The molecule has 10 heteroatoms. The Labute approximate surface area is 233 Å². The lowest BCUT2D eigenvalue weighted by Crippen LogP contribution is -2.40. The van der Waals surface area contributed by atoms with Crippen molar-refractivity contribution in [3.8, 4) is 5.75 Å². The van der Waals surface area contributed by atoms with E-state index in [4.69, 9.17) is 18.6 Å². The molecule has 0 radical (unpaired) electrons. The van der Waals surface area contributed by atoms with Crippen LogP contribution in [0.4, 0.5) is 0 Å². The molecule has 204 valence electrons. The number of benzene rings is 2. The molecule has 2 aromatic heterocycles. The van der Waals surface area contributed by atoms with Crippen molar-refractivity contribution in [1.29, 1.82) is 0 Å². The third-order valence-electron chi connectivity index (χ3n) is 6.27. The Bertz CT molecular complexity index is 1750. The second kappa shape index (κ2) is 11.7. The maximum atomic E-state index is 13.8. The van der Waals surface area contributed by atoms with Crippen LogP contribution in [0.15, 0.2) is 92.4 Å². The monoisotopic (exact) mass is 558 g/mol. The second-order valence-electron chi connectivity index (χ2n) is 9.06. The van der Waals surface area contributed by atoms with E-state index in [9.17, 15) is 14.4 Å². The lowest BCUT2D eigenvalue weighted by molar-refractivity contribution is -0.140. The molecule has 0 aliphatic carbocycles. The fraction of sp³-hybridized carbons (Fsp3) is 0.200. The third kappa shape index (κ3) is 5.58. The van der Waals surface area contributed by atoms with Crippen molar-refractivity contribution in [2.75, 3.05) is 20.3 Å². The van der Waals surface area contributed by atoms with Gasteiger partial charge in [-0.1, -0.05) is 53.3 Å². The fourth-order valence-corrected chi connectivity index (χ4v) is 5.32. The van der Waals surface area contributed by atoms with Gasteiger partial charge >= 0.3 is 11.9 Å². The summed E-state index contributed by atoms with van der Waals surface area (Å²) in [6, 6.07) is 16.7. The van der Waals surface area contributed by atoms with E-state index in [0.717, 1.165) is 11.1 Å². The van der Waals surface area contributed by atoms with Crippen LogP contribution in [0.1, 0.15) is 40.2 Å². The average Bonchev–Trinajstić information content (AvgIpc) is 3.59. The summed E-state index contributed by atoms with van der Waals surface area (Å²) in [5, 5.41) is 0. The molecule has 9 nitrogen and oxygen atoms in total. The topological polar surface area (TPSA) is 109 Å². The molecular formula is C30H26N2O7S. The van der Waals surface area contributed by atoms with Crippen molar-refractivity contribution in [2.24, 2.45) is 4.99 Å². The molecule has 0 saturated carbocycles. The van der Waals surface area contributed by atoms with Crippen molar-refractivity contribution < 1.29 is 28.2 Å². The normalized spacial score (nSPS) is 15.0. The summed E-state index contributed by atoms with van der Waals surface area (Å²) < 4.78 is 22.9. The van der Waals surface area contributed by atoms with Gasteiger partial charge in [-0.15, -0.1) is 0 Å². The zero-order valence-corrected chi connectivity index (χ0v) is 22.9. The fourth-order valence-electron chi connectivity index (χ4n) is 4.28. The van der Waals surface area contributed by atoms with Crippen LogP contribution in [0.25, 0.3) is 6.08 Å². The number of hydrogen-bond acceptors (Lipinski definition) is 9. The first-order valence-electron chi connectivity index (χ1n) is 12.5. The SMILES string of the molecule is COCCOC(=O)C1=C(C)N=c2s/c(=C/c3ccc(C)cc3)c(=O)n2[C@@H]1c1ccc(OC(=O)c2ccco2)cc1. The quantitative estimate of drug-likeness (QED) is 0.185. The number of esters is 2. The summed E-state index contributed by atoms with van der Waals surface area (Å²) in [7, 11) is 1.51. The van der Waals surface area contributed by atoms with Gasteiger partial charge in [0, 0.05) is 7.11 Å². The lowest BCUT2D eigenvalue weighted by Gasteiger charge is -2.25. The smallest absolute Gasteiger partial charge is 0.379 e. The average molecular weight is 559 g/mol.